The molecule has 0 bridgehead atoms. The molecule has 1 rings (SSSR count). The lowest BCUT2D eigenvalue weighted by molar-refractivity contribution is -0.119. The number of halogens is 1. The van der Waals surface area contributed by atoms with Crippen molar-refractivity contribution in [1.82, 2.24) is 15.1 Å². The van der Waals surface area contributed by atoms with E-state index in [9.17, 15) is 9.59 Å². The van der Waals surface area contributed by atoms with Crippen molar-refractivity contribution < 1.29 is 4.79 Å². The number of nitrogens with zero attached hydrogens (tertiary/aromatic N) is 2. The van der Waals surface area contributed by atoms with Gasteiger partial charge in [-0.1, -0.05) is 18.5 Å². The first-order valence-corrected chi connectivity index (χ1v) is 6.24. The van der Waals surface area contributed by atoms with E-state index in [1.807, 2.05) is 6.92 Å². The molecule has 0 atom stereocenters. The second-order valence-electron chi connectivity index (χ2n) is 3.70. The molecule has 0 aliphatic carbocycles. The van der Waals surface area contributed by atoms with E-state index in [-0.39, 0.29) is 23.0 Å². The summed E-state index contributed by atoms with van der Waals surface area (Å²) in [5.74, 6) is -0.146. The van der Waals surface area contributed by atoms with Crippen molar-refractivity contribution in [2.75, 3.05) is 18.4 Å². The van der Waals surface area contributed by atoms with Crippen LogP contribution in [0, 0.1) is 0 Å². The van der Waals surface area contributed by atoms with Gasteiger partial charge in [0.25, 0.3) is 5.56 Å². The number of aryl methyl sites for hydroxylation is 1. The first-order valence-electron chi connectivity index (χ1n) is 5.86. The molecule has 100 valence electrons. The zero-order chi connectivity index (χ0) is 13.5. The summed E-state index contributed by atoms with van der Waals surface area (Å²) in [7, 11) is 0. The number of anilines is 1. The van der Waals surface area contributed by atoms with Crippen LogP contribution in [0.15, 0.2) is 11.0 Å². The van der Waals surface area contributed by atoms with Gasteiger partial charge in [-0.2, -0.15) is 5.10 Å². The molecular formula is C11H17ClN4O2. The van der Waals surface area contributed by atoms with Gasteiger partial charge in [0.2, 0.25) is 5.91 Å². The van der Waals surface area contributed by atoms with Crippen molar-refractivity contribution in [3.8, 4) is 0 Å². The first-order chi connectivity index (χ1) is 8.60. The molecule has 0 aromatic carbocycles. The summed E-state index contributed by atoms with van der Waals surface area (Å²) in [6.07, 6.45) is 2.32. The molecule has 1 aromatic rings. The zero-order valence-corrected chi connectivity index (χ0v) is 11.3. The minimum Gasteiger partial charge on any atom is -0.373 e. The van der Waals surface area contributed by atoms with Crippen molar-refractivity contribution >= 4 is 23.2 Å². The Kier molecular flexibility index (Phi) is 5.64. The lowest BCUT2D eigenvalue weighted by Gasteiger charge is -2.09. The topological polar surface area (TPSA) is 76.0 Å². The molecule has 1 heterocycles. The predicted molar refractivity (Wildman–Crippen MR) is 71.0 cm³/mol. The van der Waals surface area contributed by atoms with E-state index in [1.165, 1.54) is 10.9 Å². The third kappa shape index (κ3) is 3.73. The van der Waals surface area contributed by atoms with Gasteiger partial charge in [-0.05, 0) is 13.3 Å². The minimum absolute atomic E-state index is 0.0511. The average molecular weight is 273 g/mol. The van der Waals surface area contributed by atoms with Gasteiger partial charge < -0.3 is 10.6 Å². The van der Waals surface area contributed by atoms with E-state index >= 15 is 0 Å². The van der Waals surface area contributed by atoms with Crippen molar-refractivity contribution in [2.24, 2.45) is 0 Å². The summed E-state index contributed by atoms with van der Waals surface area (Å²) in [6.45, 7) is 4.92. The maximum Gasteiger partial charge on any atom is 0.287 e. The van der Waals surface area contributed by atoms with Crippen LogP contribution in [-0.2, 0) is 11.3 Å². The molecular weight excluding hydrogens is 256 g/mol. The molecule has 0 saturated carbocycles. The highest BCUT2D eigenvalue weighted by atomic mass is 35.5. The number of carbonyl (C=O) groups excluding carboxylic acids is 1. The van der Waals surface area contributed by atoms with Gasteiger partial charge in [-0.3, -0.25) is 9.59 Å². The van der Waals surface area contributed by atoms with Crippen LogP contribution in [0.3, 0.4) is 0 Å². The fraction of sp³-hybridized carbons (Fsp3) is 0.545. The van der Waals surface area contributed by atoms with Crippen LogP contribution in [0.4, 0.5) is 5.69 Å². The largest absolute Gasteiger partial charge is 0.373 e. The smallest absolute Gasteiger partial charge is 0.287 e. The predicted octanol–water partition coefficient (Wildman–Crippen LogP) is 0.855. The van der Waals surface area contributed by atoms with Crippen LogP contribution < -0.4 is 16.2 Å². The molecule has 0 radical (unpaired) electrons. The Hall–Kier alpha value is -1.56. The van der Waals surface area contributed by atoms with Crippen LogP contribution in [0.25, 0.3) is 0 Å². The number of hydrogen-bond acceptors (Lipinski definition) is 4. The summed E-state index contributed by atoms with van der Waals surface area (Å²) in [5, 5.41) is 9.48. The lowest BCUT2D eigenvalue weighted by Crippen LogP contribution is -2.31. The van der Waals surface area contributed by atoms with Crippen LogP contribution in [0.2, 0.25) is 5.02 Å². The highest BCUT2D eigenvalue weighted by Gasteiger charge is 2.09. The third-order valence-corrected chi connectivity index (χ3v) is 2.66. The normalized spacial score (nSPS) is 10.2. The Morgan fingerprint density at radius 1 is 1.50 bits per heavy atom. The molecule has 0 spiro atoms. The molecule has 0 fully saturated rings. The van der Waals surface area contributed by atoms with Crippen molar-refractivity contribution in [2.45, 2.75) is 26.8 Å². The Balaban J connectivity index is 2.66. The molecule has 18 heavy (non-hydrogen) atoms. The van der Waals surface area contributed by atoms with Gasteiger partial charge in [0.05, 0.1) is 18.4 Å². The summed E-state index contributed by atoms with van der Waals surface area (Å²) in [5.41, 5.74) is 0.0103. The molecule has 1 amide bonds. The number of nitrogens with one attached hydrogen (secondary N) is 2. The molecule has 7 heteroatoms. The van der Waals surface area contributed by atoms with Crippen LogP contribution in [-0.4, -0.2) is 28.8 Å². The van der Waals surface area contributed by atoms with E-state index in [4.69, 9.17) is 11.6 Å². The SMILES string of the molecule is CCCNC(=O)CNc1cnn(CC)c(=O)c1Cl. The zero-order valence-electron chi connectivity index (χ0n) is 10.5. The third-order valence-electron chi connectivity index (χ3n) is 2.30. The number of rotatable bonds is 6. The van der Waals surface area contributed by atoms with Crippen molar-refractivity contribution in [3.63, 3.8) is 0 Å². The van der Waals surface area contributed by atoms with E-state index in [1.54, 1.807) is 6.92 Å². The minimum atomic E-state index is -0.363. The van der Waals surface area contributed by atoms with Crippen LogP contribution in [0.1, 0.15) is 20.3 Å². The number of carbonyl (C=O) groups is 1. The van der Waals surface area contributed by atoms with E-state index in [0.717, 1.165) is 6.42 Å². The van der Waals surface area contributed by atoms with Gasteiger partial charge in [0.1, 0.15) is 5.02 Å². The van der Waals surface area contributed by atoms with Crippen molar-refractivity contribution in [1.29, 1.82) is 0 Å². The van der Waals surface area contributed by atoms with Gasteiger partial charge in [-0.15, -0.1) is 0 Å². The number of aromatic nitrogens is 2. The van der Waals surface area contributed by atoms with Gasteiger partial charge in [-0.25, -0.2) is 4.68 Å². The number of amides is 1. The fourth-order valence-electron chi connectivity index (χ4n) is 1.32. The molecule has 1 aromatic heterocycles. The summed E-state index contributed by atoms with van der Waals surface area (Å²) in [4.78, 5) is 23.0. The van der Waals surface area contributed by atoms with E-state index in [0.29, 0.717) is 18.8 Å². The molecule has 6 nitrogen and oxygen atoms in total. The fourth-order valence-corrected chi connectivity index (χ4v) is 1.53. The Bertz CT molecular complexity index is 473. The Labute approximate surface area is 110 Å². The maximum absolute atomic E-state index is 11.7. The molecule has 0 saturated heterocycles. The summed E-state index contributed by atoms with van der Waals surface area (Å²) >= 11 is 5.90. The Morgan fingerprint density at radius 3 is 2.83 bits per heavy atom. The van der Waals surface area contributed by atoms with Crippen LogP contribution >= 0.6 is 11.6 Å². The van der Waals surface area contributed by atoms with Gasteiger partial charge in [0.15, 0.2) is 0 Å². The van der Waals surface area contributed by atoms with Crippen LogP contribution in [0.5, 0.6) is 0 Å². The van der Waals surface area contributed by atoms with Gasteiger partial charge in [0, 0.05) is 13.1 Å². The van der Waals surface area contributed by atoms with Crippen molar-refractivity contribution in [3.05, 3.63) is 21.6 Å². The van der Waals surface area contributed by atoms with Gasteiger partial charge >= 0.3 is 0 Å². The molecule has 2 N–H and O–H groups in total. The highest BCUT2D eigenvalue weighted by Crippen LogP contribution is 2.14. The second-order valence-corrected chi connectivity index (χ2v) is 4.07. The summed E-state index contributed by atoms with van der Waals surface area (Å²) < 4.78 is 1.25. The van der Waals surface area contributed by atoms with E-state index < -0.39 is 0 Å². The maximum atomic E-state index is 11.7. The molecule has 0 aliphatic heterocycles. The highest BCUT2D eigenvalue weighted by molar-refractivity contribution is 6.33. The average Bonchev–Trinajstić information content (AvgIpc) is 2.38. The first kappa shape index (κ1) is 14.5. The Morgan fingerprint density at radius 2 is 2.22 bits per heavy atom. The lowest BCUT2D eigenvalue weighted by atomic mass is 10.4. The number of hydrogen-bond donors (Lipinski definition) is 2. The quantitative estimate of drug-likeness (QED) is 0.805. The molecule has 0 unspecified atom stereocenters. The van der Waals surface area contributed by atoms with E-state index in [2.05, 4.69) is 15.7 Å². The standard InChI is InChI=1S/C11H17ClN4O2/c1-3-5-13-9(17)7-14-8-6-15-16(4-2)11(18)10(8)12/h6,14H,3-5,7H2,1-2H3,(H,13,17). The molecule has 0 aliphatic rings. The second kappa shape index (κ2) is 7.00. The monoisotopic (exact) mass is 272 g/mol. The summed E-state index contributed by atoms with van der Waals surface area (Å²) in [6, 6.07) is 0.